The maximum atomic E-state index is 12.4. The van der Waals surface area contributed by atoms with Crippen LogP contribution in [0.25, 0.3) is 0 Å². The normalized spacial score (nSPS) is 20.0. The lowest BCUT2D eigenvalue weighted by Crippen LogP contribution is -2.43. The van der Waals surface area contributed by atoms with Crippen molar-refractivity contribution in [1.29, 1.82) is 0 Å². The number of methoxy groups -OCH3 is 1. The number of hydrogen-bond acceptors (Lipinski definition) is 8. The van der Waals surface area contributed by atoms with Gasteiger partial charge in [-0.05, 0) is 27.7 Å². The van der Waals surface area contributed by atoms with Crippen molar-refractivity contribution in [2.75, 3.05) is 20.3 Å². The quantitative estimate of drug-likeness (QED) is 0.575. The molecule has 10 nitrogen and oxygen atoms in total. The number of carbonyl (C=O) groups excluding carboxylic acids is 3. The first-order chi connectivity index (χ1) is 12.2. The summed E-state index contributed by atoms with van der Waals surface area (Å²) in [7, 11) is 1.26. The van der Waals surface area contributed by atoms with Crippen molar-refractivity contribution >= 4 is 18.0 Å². The maximum Gasteiger partial charge on any atom is 0.411 e. The summed E-state index contributed by atoms with van der Waals surface area (Å²) in [5.41, 5.74) is -0.627. The van der Waals surface area contributed by atoms with E-state index in [1.54, 1.807) is 27.7 Å². The molecule has 1 saturated heterocycles. The average molecular weight is 368 g/mol. The Hall–Kier alpha value is -2.65. The zero-order valence-electron chi connectivity index (χ0n) is 15.6. The lowest BCUT2D eigenvalue weighted by atomic mass is 10.2. The second-order valence-electron chi connectivity index (χ2n) is 6.87. The Morgan fingerprint density at radius 2 is 2.00 bits per heavy atom. The standard InChI is InChI=1S/C16H24N4O6/c1-6-25-13(21)11-9-20(18-17-11)10-7-12(14(22)24-5)19(8-10)15(23)26-16(2,3)4/h9-10,12H,6-8H2,1-5H3/t10-,12-/m1/s1. The van der Waals surface area contributed by atoms with Crippen molar-refractivity contribution in [2.24, 2.45) is 0 Å². The Kier molecular flexibility index (Phi) is 5.83. The maximum absolute atomic E-state index is 12.4. The Labute approximate surface area is 151 Å². The molecule has 10 heteroatoms. The van der Waals surface area contributed by atoms with Crippen molar-refractivity contribution in [2.45, 2.75) is 51.8 Å². The number of rotatable bonds is 4. The molecular formula is C16H24N4O6. The topological polar surface area (TPSA) is 113 Å². The fraction of sp³-hybridized carbons (Fsp3) is 0.688. The van der Waals surface area contributed by atoms with Gasteiger partial charge in [0.2, 0.25) is 0 Å². The highest BCUT2D eigenvalue weighted by Gasteiger charge is 2.43. The number of esters is 2. The summed E-state index contributed by atoms with van der Waals surface area (Å²) in [4.78, 5) is 37.6. The van der Waals surface area contributed by atoms with E-state index in [4.69, 9.17) is 14.2 Å². The van der Waals surface area contributed by atoms with Gasteiger partial charge in [0, 0.05) is 13.0 Å². The minimum atomic E-state index is -0.796. The van der Waals surface area contributed by atoms with E-state index in [9.17, 15) is 14.4 Å². The summed E-state index contributed by atoms with van der Waals surface area (Å²) < 4.78 is 16.5. The van der Waals surface area contributed by atoms with Crippen molar-refractivity contribution in [1.82, 2.24) is 19.9 Å². The number of ether oxygens (including phenoxy) is 3. The lowest BCUT2D eigenvalue weighted by molar-refractivity contribution is -0.145. The van der Waals surface area contributed by atoms with E-state index in [2.05, 4.69) is 10.3 Å². The smallest absolute Gasteiger partial charge is 0.411 e. The first kappa shape index (κ1) is 19.7. The van der Waals surface area contributed by atoms with Gasteiger partial charge in [0.15, 0.2) is 5.69 Å². The largest absolute Gasteiger partial charge is 0.467 e. The third kappa shape index (κ3) is 4.50. The van der Waals surface area contributed by atoms with E-state index in [1.165, 1.54) is 22.9 Å². The number of nitrogens with zero attached hydrogens (tertiary/aromatic N) is 4. The summed E-state index contributed by atoms with van der Waals surface area (Å²) in [6.07, 6.45) is 1.11. The van der Waals surface area contributed by atoms with Crippen LogP contribution < -0.4 is 0 Å². The van der Waals surface area contributed by atoms with E-state index in [0.717, 1.165) is 0 Å². The molecule has 0 radical (unpaired) electrons. The highest BCUT2D eigenvalue weighted by Crippen LogP contribution is 2.29. The second-order valence-corrected chi connectivity index (χ2v) is 6.87. The van der Waals surface area contributed by atoms with Crippen LogP contribution in [-0.2, 0) is 19.0 Å². The summed E-state index contributed by atoms with van der Waals surface area (Å²) in [6, 6.07) is -1.14. The fourth-order valence-electron chi connectivity index (χ4n) is 2.64. The van der Waals surface area contributed by atoms with E-state index < -0.39 is 29.7 Å². The number of aromatic nitrogens is 3. The van der Waals surface area contributed by atoms with E-state index in [-0.39, 0.29) is 31.3 Å². The third-order valence-corrected chi connectivity index (χ3v) is 3.75. The van der Waals surface area contributed by atoms with Gasteiger partial charge in [-0.3, -0.25) is 4.90 Å². The van der Waals surface area contributed by atoms with Gasteiger partial charge in [0.1, 0.15) is 11.6 Å². The van der Waals surface area contributed by atoms with Gasteiger partial charge in [0.05, 0.1) is 26.0 Å². The van der Waals surface area contributed by atoms with Crippen LogP contribution in [0.2, 0.25) is 0 Å². The molecule has 0 spiro atoms. The Morgan fingerprint density at radius 1 is 1.31 bits per heavy atom. The van der Waals surface area contributed by atoms with Crippen LogP contribution in [0.15, 0.2) is 6.20 Å². The zero-order chi connectivity index (χ0) is 19.5. The van der Waals surface area contributed by atoms with Gasteiger partial charge >= 0.3 is 18.0 Å². The molecule has 0 N–H and O–H groups in total. The summed E-state index contributed by atoms with van der Waals surface area (Å²) in [5.74, 6) is -1.12. The van der Waals surface area contributed by atoms with E-state index in [1.807, 2.05) is 0 Å². The Balaban J connectivity index is 2.18. The van der Waals surface area contributed by atoms with E-state index >= 15 is 0 Å². The molecule has 0 unspecified atom stereocenters. The first-order valence-electron chi connectivity index (χ1n) is 8.32. The van der Waals surface area contributed by atoms with Gasteiger partial charge in [-0.1, -0.05) is 5.21 Å². The minimum Gasteiger partial charge on any atom is -0.467 e. The molecule has 1 aromatic rings. The highest BCUT2D eigenvalue weighted by molar-refractivity contribution is 5.86. The molecule has 1 aromatic heterocycles. The number of likely N-dealkylation sites (tertiary alicyclic amines) is 1. The van der Waals surface area contributed by atoms with Crippen LogP contribution in [0.1, 0.15) is 50.6 Å². The van der Waals surface area contributed by atoms with Gasteiger partial charge in [-0.2, -0.15) is 0 Å². The van der Waals surface area contributed by atoms with Crippen molar-refractivity contribution in [3.05, 3.63) is 11.9 Å². The molecule has 1 fully saturated rings. The molecular weight excluding hydrogens is 344 g/mol. The van der Waals surface area contributed by atoms with Gasteiger partial charge in [-0.15, -0.1) is 5.10 Å². The van der Waals surface area contributed by atoms with Crippen LogP contribution in [0.5, 0.6) is 0 Å². The van der Waals surface area contributed by atoms with Crippen LogP contribution in [-0.4, -0.2) is 69.8 Å². The Morgan fingerprint density at radius 3 is 2.58 bits per heavy atom. The molecule has 0 aliphatic carbocycles. The summed E-state index contributed by atoms with van der Waals surface area (Å²) >= 11 is 0. The molecule has 1 amide bonds. The van der Waals surface area contributed by atoms with Crippen LogP contribution in [0.3, 0.4) is 0 Å². The molecule has 2 heterocycles. The van der Waals surface area contributed by atoms with Crippen LogP contribution in [0.4, 0.5) is 4.79 Å². The first-order valence-corrected chi connectivity index (χ1v) is 8.32. The molecule has 0 bridgehead atoms. The summed E-state index contributed by atoms with van der Waals surface area (Å²) in [6.45, 7) is 7.34. The zero-order valence-corrected chi connectivity index (χ0v) is 15.6. The molecule has 0 saturated carbocycles. The number of carbonyl (C=O) groups is 3. The fourth-order valence-corrected chi connectivity index (χ4v) is 2.64. The molecule has 0 aromatic carbocycles. The van der Waals surface area contributed by atoms with Gasteiger partial charge in [0.25, 0.3) is 0 Å². The summed E-state index contributed by atoms with van der Waals surface area (Å²) in [5, 5.41) is 7.71. The lowest BCUT2D eigenvalue weighted by Gasteiger charge is -2.27. The average Bonchev–Trinajstić information content (AvgIpc) is 3.19. The molecule has 2 rings (SSSR count). The van der Waals surface area contributed by atoms with Gasteiger partial charge in [-0.25, -0.2) is 19.1 Å². The highest BCUT2D eigenvalue weighted by atomic mass is 16.6. The Bertz CT molecular complexity index is 681. The molecule has 1 aliphatic rings. The van der Waals surface area contributed by atoms with Crippen molar-refractivity contribution < 1.29 is 28.6 Å². The number of hydrogen-bond donors (Lipinski definition) is 0. The minimum absolute atomic E-state index is 0.0668. The second kappa shape index (κ2) is 7.71. The molecule has 144 valence electrons. The predicted molar refractivity (Wildman–Crippen MR) is 88.4 cm³/mol. The predicted octanol–water partition coefficient (Wildman–Crippen LogP) is 1.18. The molecule has 2 atom stereocenters. The van der Waals surface area contributed by atoms with Crippen molar-refractivity contribution in [3.8, 4) is 0 Å². The van der Waals surface area contributed by atoms with Gasteiger partial charge < -0.3 is 14.2 Å². The van der Waals surface area contributed by atoms with Crippen LogP contribution in [0, 0.1) is 0 Å². The third-order valence-electron chi connectivity index (χ3n) is 3.75. The van der Waals surface area contributed by atoms with Crippen molar-refractivity contribution in [3.63, 3.8) is 0 Å². The number of amides is 1. The van der Waals surface area contributed by atoms with Crippen LogP contribution >= 0.6 is 0 Å². The molecule has 26 heavy (non-hydrogen) atoms. The SMILES string of the molecule is CCOC(=O)c1cn([C@@H]2C[C@H](C(=O)OC)N(C(=O)OC(C)(C)C)C2)nn1. The van der Waals surface area contributed by atoms with E-state index in [0.29, 0.717) is 0 Å². The monoisotopic (exact) mass is 368 g/mol. The molecule has 1 aliphatic heterocycles.